The van der Waals surface area contributed by atoms with Crippen LogP contribution in [0.3, 0.4) is 0 Å². The van der Waals surface area contributed by atoms with E-state index >= 15 is 0 Å². The van der Waals surface area contributed by atoms with Crippen LogP contribution in [0.2, 0.25) is 0 Å². The number of alkyl halides is 3. The van der Waals surface area contributed by atoms with Gasteiger partial charge in [-0.3, -0.25) is 4.79 Å². The standard InChI is InChI=1S/C23H23F3N4O3/c1-32-13-14-33-22-28-20(15-5-7-17(8-6-15)23(24,25)26)30(29-22)19-11-9-18(10-12-19)27-21(31)16-3-2-4-16/h5-12,16H,2-4,13-14H2,1H3,(H,27,31). The van der Waals surface area contributed by atoms with E-state index in [0.29, 0.717) is 29.4 Å². The summed E-state index contributed by atoms with van der Waals surface area (Å²) in [6.45, 7) is 0.554. The smallest absolute Gasteiger partial charge is 0.416 e. The van der Waals surface area contributed by atoms with E-state index in [0.717, 1.165) is 31.4 Å². The van der Waals surface area contributed by atoms with Crippen LogP contribution in [0, 0.1) is 5.92 Å². The first-order chi connectivity index (χ1) is 15.8. The Balaban J connectivity index is 1.61. The summed E-state index contributed by atoms with van der Waals surface area (Å²) in [5.41, 5.74) is 0.962. The van der Waals surface area contributed by atoms with Gasteiger partial charge in [0.1, 0.15) is 6.61 Å². The molecule has 2 aromatic carbocycles. The highest BCUT2D eigenvalue weighted by Gasteiger charge is 2.30. The van der Waals surface area contributed by atoms with Crippen LogP contribution in [-0.2, 0) is 15.7 Å². The molecule has 33 heavy (non-hydrogen) atoms. The van der Waals surface area contributed by atoms with Crippen molar-refractivity contribution in [2.45, 2.75) is 25.4 Å². The van der Waals surface area contributed by atoms with Crippen molar-refractivity contribution in [3.8, 4) is 23.1 Å². The van der Waals surface area contributed by atoms with Crippen LogP contribution in [0.4, 0.5) is 18.9 Å². The molecule has 0 unspecified atom stereocenters. The van der Waals surface area contributed by atoms with Crippen molar-refractivity contribution in [2.24, 2.45) is 5.92 Å². The van der Waals surface area contributed by atoms with Crippen molar-refractivity contribution in [3.63, 3.8) is 0 Å². The lowest BCUT2D eigenvalue weighted by Crippen LogP contribution is -2.27. The largest absolute Gasteiger partial charge is 0.460 e. The summed E-state index contributed by atoms with van der Waals surface area (Å²) in [5.74, 6) is 0.398. The molecule has 4 rings (SSSR count). The number of rotatable bonds is 8. The number of amides is 1. The van der Waals surface area contributed by atoms with Gasteiger partial charge >= 0.3 is 12.2 Å². The first-order valence-corrected chi connectivity index (χ1v) is 10.5. The van der Waals surface area contributed by atoms with E-state index in [1.807, 2.05) is 0 Å². The number of anilines is 1. The molecule has 1 amide bonds. The Morgan fingerprint density at radius 2 is 1.79 bits per heavy atom. The van der Waals surface area contributed by atoms with Gasteiger partial charge in [-0.15, -0.1) is 5.10 Å². The zero-order valence-corrected chi connectivity index (χ0v) is 17.9. The fourth-order valence-corrected chi connectivity index (χ4v) is 3.35. The summed E-state index contributed by atoms with van der Waals surface area (Å²) in [6.07, 6.45) is -1.54. The first-order valence-electron chi connectivity index (χ1n) is 10.5. The zero-order valence-electron chi connectivity index (χ0n) is 17.9. The van der Waals surface area contributed by atoms with Crippen LogP contribution < -0.4 is 10.1 Å². The minimum atomic E-state index is -4.43. The molecule has 1 N–H and O–H groups in total. The number of ether oxygens (including phenoxy) is 2. The first kappa shape index (κ1) is 22.8. The minimum Gasteiger partial charge on any atom is -0.460 e. The number of carbonyl (C=O) groups excluding carboxylic acids is 1. The van der Waals surface area contributed by atoms with E-state index in [-0.39, 0.29) is 24.4 Å². The molecule has 1 saturated carbocycles. The second-order valence-corrected chi connectivity index (χ2v) is 7.71. The van der Waals surface area contributed by atoms with E-state index in [9.17, 15) is 18.0 Å². The molecule has 174 valence electrons. The van der Waals surface area contributed by atoms with Crippen molar-refractivity contribution >= 4 is 11.6 Å². The maximum atomic E-state index is 13.0. The number of hydrogen-bond donors (Lipinski definition) is 1. The minimum absolute atomic E-state index is 0.00836. The third-order valence-corrected chi connectivity index (χ3v) is 5.43. The molecule has 3 aromatic rings. The van der Waals surface area contributed by atoms with Gasteiger partial charge in [0, 0.05) is 24.3 Å². The van der Waals surface area contributed by atoms with Crippen LogP contribution in [0.5, 0.6) is 6.01 Å². The SMILES string of the molecule is COCCOc1nc(-c2ccc(C(F)(F)F)cc2)n(-c2ccc(NC(=O)C3CCC3)cc2)n1. The number of nitrogens with one attached hydrogen (secondary N) is 1. The van der Waals surface area contributed by atoms with E-state index in [2.05, 4.69) is 15.4 Å². The molecular weight excluding hydrogens is 437 g/mol. The Morgan fingerprint density at radius 1 is 1.09 bits per heavy atom. The molecular formula is C23H23F3N4O3. The average molecular weight is 460 g/mol. The van der Waals surface area contributed by atoms with Crippen LogP contribution in [0.1, 0.15) is 24.8 Å². The van der Waals surface area contributed by atoms with Crippen LogP contribution in [0.15, 0.2) is 48.5 Å². The van der Waals surface area contributed by atoms with Gasteiger partial charge in [0.25, 0.3) is 0 Å². The molecule has 0 radical (unpaired) electrons. The lowest BCUT2D eigenvalue weighted by atomic mass is 9.85. The molecule has 0 atom stereocenters. The second kappa shape index (κ2) is 9.62. The lowest BCUT2D eigenvalue weighted by molar-refractivity contribution is -0.137. The topological polar surface area (TPSA) is 78.3 Å². The highest BCUT2D eigenvalue weighted by atomic mass is 19.4. The molecule has 10 heteroatoms. The molecule has 1 aromatic heterocycles. The summed E-state index contributed by atoms with van der Waals surface area (Å²) < 4.78 is 50.8. The molecule has 1 aliphatic carbocycles. The number of nitrogens with zero attached hydrogens (tertiary/aromatic N) is 3. The Kier molecular flexibility index (Phi) is 6.64. The molecule has 7 nitrogen and oxygen atoms in total. The summed E-state index contributed by atoms with van der Waals surface area (Å²) >= 11 is 0. The van der Waals surface area contributed by atoms with Gasteiger partial charge in [-0.1, -0.05) is 18.6 Å². The maximum absolute atomic E-state index is 13.0. The number of carbonyl (C=O) groups is 1. The second-order valence-electron chi connectivity index (χ2n) is 7.71. The fourth-order valence-electron chi connectivity index (χ4n) is 3.35. The highest BCUT2D eigenvalue weighted by Crippen LogP contribution is 2.32. The third-order valence-electron chi connectivity index (χ3n) is 5.43. The quantitative estimate of drug-likeness (QED) is 0.493. The molecule has 1 aliphatic rings. The van der Waals surface area contributed by atoms with Crippen LogP contribution in [-0.4, -0.2) is 41.0 Å². The van der Waals surface area contributed by atoms with Gasteiger partial charge in [-0.05, 0) is 49.2 Å². The van der Waals surface area contributed by atoms with Crippen LogP contribution in [0.25, 0.3) is 17.1 Å². The average Bonchev–Trinajstić information content (AvgIpc) is 3.17. The summed E-state index contributed by atoms with van der Waals surface area (Å²) in [4.78, 5) is 16.5. The number of methoxy groups -OCH3 is 1. The van der Waals surface area contributed by atoms with Gasteiger partial charge in [0.15, 0.2) is 5.82 Å². The number of halogens is 3. The Labute approximate surface area is 188 Å². The number of benzene rings is 2. The van der Waals surface area contributed by atoms with Crippen molar-refractivity contribution in [2.75, 3.05) is 25.6 Å². The number of aromatic nitrogens is 3. The Morgan fingerprint density at radius 3 is 2.36 bits per heavy atom. The van der Waals surface area contributed by atoms with Gasteiger partial charge in [-0.2, -0.15) is 18.2 Å². The van der Waals surface area contributed by atoms with Gasteiger partial charge in [-0.25, -0.2) is 4.68 Å². The maximum Gasteiger partial charge on any atom is 0.416 e. The number of hydrogen-bond acceptors (Lipinski definition) is 5. The lowest BCUT2D eigenvalue weighted by Gasteiger charge is -2.24. The normalized spacial score (nSPS) is 14.1. The van der Waals surface area contributed by atoms with E-state index in [1.165, 1.54) is 23.9 Å². The van der Waals surface area contributed by atoms with E-state index in [4.69, 9.17) is 9.47 Å². The zero-order chi connectivity index (χ0) is 23.4. The van der Waals surface area contributed by atoms with E-state index in [1.54, 1.807) is 24.3 Å². The van der Waals surface area contributed by atoms with Crippen LogP contribution >= 0.6 is 0 Å². The van der Waals surface area contributed by atoms with Crippen molar-refractivity contribution in [1.82, 2.24) is 14.8 Å². The highest BCUT2D eigenvalue weighted by molar-refractivity contribution is 5.93. The predicted octanol–water partition coefficient (Wildman–Crippen LogP) is 4.72. The molecule has 0 spiro atoms. The Hall–Kier alpha value is -3.40. The van der Waals surface area contributed by atoms with Gasteiger partial charge in [0.2, 0.25) is 5.91 Å². The molecule has 1 fully saturated rings. The van der Waals surface area contributed by atoms with Gasteiger partial charge < -0.3 is 14.8 Å². The van der Waals surface area contributed by atoms with Crippen molar-refractivity contribution in [3.05, 3.63) is 54.1 Å². The monoisotopic (exact) mass is 460 g/mol. The summed E-state index contributed by atoms with van der Waals surface area (Å²) in [7, 11) is 1.54. The Bertz CT molecular complexity index is 1090. The molecule has 0 aliphatic heterocycles. The fraction of sp³-hybridized carbons (Fsp3) is 0.348. The molecule has 0 saturated heterocycles. The summed E-state index contributed by atoms with van der Waals surface area (Å²) in [6, 6.07) is 11.7. The van der Waals surface area contributed by atoms with E-state index < -0.39 is 11.7 Å². The van der Waals surface area contributed by atoms with Gasteiger partial charge in [0.05, 0.1) is 17.9 Å². The summed E-state index contributed by atoms with van der Waals surface area (Å²) in [5, 5.41) is 7.26. The molecule has 1 heterocycles. The van der Waals surface area contributed by atoms with Crippen molar-refractivity contribution < 1.29 is 27.4 Å². The molecule has 0 bridgehead atoms. The van der Waals surface area contributed by atoms with Crippen molar-refractivity contribution in [1.29, 1.82) is 0 Å². The predicted molar refractivity (Wildman–Crippen MR) is 115 cm³/mol. The third kappa shape index (κ3) is 5.33.